The normalized spacial score (nSPS) is 24.3. The zero-order valence-electron chi connectivity index (χ0n) is 8.44. The quantitative estimate of drug-likeness (QED) is 0.562. The van der Waals surface area contributed by atoms with Crippen molar-refractivity contribution in [1.29, 1.82) is 0 Å². The fourth-order valence-corrected chi connectivity index (χ4v) is 1.94. The van der Waals surface area contributed by atoms with E-state index in [4.69, 9.17) is 4.74 Å². The molecule has 6 heteroatoms. The molecule has 0 spiro atoms. The van der Waals surface area contributed by atoms with E-state index in [-0.39, 0.29) is 6.10 Å². The Morgan fingerprint density at radius 2 is 2.50 bits per heavy atom. The minimum absolute atomic E-state index is 0.0512. The summed E-state index contributed by atoms with van der Waals surface area (Å²) in [6.07, 6.45) is -0.614. The van der Waals surface area contributed by atoms with E-state index in [2.05, 4.69) is 15.3 Å². The topological polar surface area (TPSA) is 59.9 Å². The van der Waals surface area contributed by atoms with Gasteiger partial charge >= 0.3 is 6.09 Å². The number of thioether (sulfide) groups is 1. The number of ether oxygens (including phenoxy) is 1. The van der Waals surface area contributed by atoms with Crippen LogP contribution in [-0.4, -0.2) is 30.2 Å². The van der Waals surface area contributed by atoms with Crippen LogP contribution in [0.5, 0.6) is 0 Å². The second kappa shape index (κ2) is 5.21. The number of amides is 1. The van der Waals surface area contributed by atoms with Crippen molar-refractivity contribution in [3.05, 3.63) is 0 Å². The van der Waals surface area contributed by atoms with E-state index in [1.165, 1.54) is 18.8 Å². The molecule has 1 amide bonds. The zero-order chi connectivity index (χ0) is 10.6. The summed E-state index contributed by atoms with van der Waals surface area (Å²) in [5.41, 5.74) is 0. The Labute approximate surface area is 87.2 Å². The van der Waals surface area contributed by atoms with Gasteiger partial charge in [0.25, 0.3) is 0 Å². The fraction of sp³-hybridized carbons (Fsp3) is 0.750. The van der Waals surface area contributed by atoms with Crippen LogP contribution in [-0.2, 0) is 9.57 Å². The van der Waals surface area contributed by atoms with E-state index in [0.717, 1.165) is 5.04 Å². The summed E-state index contributed by atoms with van der Waals surface area (Å²) >= 11 is 1.45. The van der Waals surface area contributed by atoms with Gasteiger partial charge in [0, 0.05) is 7.05 Å². The Morgan fingerprint density at radius 1 is 1.79 bits per heavy atom. The molecule has 1 atom stereocenters. The highest BCUT2D eigenvalue weighted by atomic mass is 32.2. The van der Waals surface area contributed by atoms with Crippen LogP contribution in [0.15, 0.2) is 5.16 Å². The van der Waals surface area contributed by atoms with E-state index >= 15 is 0 Å². The number of rotatable bonds is 2. The highest BCUT2D eigenvalue weighted by molar-refractivity contribution is 8.14. The maximum absolute atomic E-state index is 10.8. The van der Waals surface area contributed by atoms with E-state index in [1.807, 2.05) is 13.8 Å². The average molecular weight is 218 g/mol. The summed E-state index contributed by atoms with van der Waals surface area (Å²) in [4.78, 5) is 15.3. The minimum Gasteiger partial charge on any atom is -0.360 e. The predicted octanol–water partition coefficient (Wildman–Crippen LogP) is 1.40. The van der Waals surface area contributed by atoms with Gasteiger partial charge in [-0.3, -0.25) is 4.84 Å². The van der Waals surface area contributed by atoms with Gasteiger partial charge in [-0.2, -0.15) is 0 Å². The summed E-state index contributed by atoms with van der Waals surface area (Å²) in [6.45, 7) is 4.07. The predicted molar refractivity (Wildman–Crippen MR) is 55.1 cm³/mol. The standard InChI is InChI=1S/C8H14N2O3S/c1-5(2)6-7(14-4-12-6)10-13-8(11)9-3/h5-6H,4H2,1-3H3,(H,9,11). The van der Waals surface area contributed by atoms with Crippen molar-refractivity contribution in [2.75, 3.05) is 13.0 Å². The Hall–Kier alpha value is -0.750. The van der Waals surface area contributed by atoms with Crippen molar-refractivity contribution in [1.82, 2.24) is 5.32 Å². The van der Waals surface area contributed by atoms with Crippen molar-refractivity contribution in [2.24, 2.45) is 11.1 Å². The molecule has 1 rings (SSSR count). The SMILES string of the molecule is CNC(=O)ON=C1SCOC1C(C)C. The second-order valence-electron chi connectivity index (χ2n) is 3.15. The van der Waals surface area contributed by atoms with Gasteiger partial charge < -0.3 is 10.1 Å². The number of hydrogen-bond acceptors (Lipinski definition) is 5. The maximum Gasteiger partial charge on any atom is 0.433 e. The molecule has 0 aromatic heterocycles. The first-order valence-electron chi connectivity index (χ1n) is 4.36. The lowest BCUT2D eigenvalue weighted by Crippen LogP contribution is -2.23. The molecule has 0 aromatic carbocycles. The lowest BCUT2D eigenvalue weighted by Gasteiger charge is -2.12. The van der Waals surface area contributed by atoms with Crippen LogP contribution in [0.3, 0.4) is 0 Å². The monoisotopic (exact) mass is 218 g/mol. The summed E-state index contributed by atoms with van der Waals surface area (Å²) < 4.78 is 5.41. The number of carbonyl (C=O) groups excluding carboxylic acids is 1. The van der Waals surface area contributed by atoms with E-state index in [0.29, 0.717) is 11.9 Å². The molecule has 1 aliphatic rings. The second-order valence-corrected chi connectivity index (χ2v) is 4.09. The Balaban J connectivity index is 2.53. The Bertz CT molecular complexity index is 243. The maximum atomic E-state index is 10.8. The Kier molecular flexibility index (Phi) is 4.21. The molecule has 0 aliphatic carbocycles. The van der Waals surface area contributed by atoms with Crippen LogP contribution in [0.4, 0.5) is 4.79 Å². The van der Waals surface area contributed by atoms with Gasteiger partial charge in [0.15, 0.2) is 0 Å². The van der Waals surface area contributed by atoms with Crippen molar-refractivity contribution >= 4 is 22.9 Å². The summed E-state index contributed by atoms with van der Waals surface area (Å²) in [5, 5.41) is 6.78. The molecule has 5 nitrogen and oxygen atoms in total. The highest BCUT2D eigenvalue weighted by Gasteiger charge is 2.28. The molecule has 1 unspecified atom stereocenters. The minimum atomic E-state index is -0.562. The van der Waals surface area contributed by atoms with E-state index in [9.17, 15) is 4.79 Å². The van der Waals surface area contributed by atoms with Gasteiger partial charge in [-0.1, -0.05) is 30.8 Å². The van der Waals surface area contributed by atoms with Crippen LogP contribution in [0.25, 0.3) is 0 Å². The summed E-state index contributed by atoms with van der Waals surface area (Å²) in [6, 6.07) is 0. The fourth-order valence-electron chi connectivity index (χ4n) is 1.01. The van der Waals surface area contributed by atoms with Crippen molar-refractivity contribution in [3.63, 3.8) is 0 Å². The van der Waals surface area contributed by atoms with Crippen LogP contribution in [0.2, 0.25) is 0 Å². The number of nitrogens with zero attached hydrogens (tertiary/aromatic N) is 1. The van der Waals surface area contributed by atoms with Crippen molar-refractivity contribution in [3.8, 4) is 0 Å². The third kappa shape index (κ3) is 2.88. The van der Waals surface area contributed by atoms with Crippen LogP contribution >= 0.6 is 11.8 Å². The van der Waals surface area contributed by atoms with Gasteiger partial charge in [0.05, 0.1) is 5.94 Å². The molecular weight excluding hydrogens is 204 g/mol. The van der Waals surface area contributed by atoms with Crippen molar-refractivity contribution < 1.29 is 14.4 Å². The molecule has 1 fully saturated rings. The number of hydrogen-bond donors (Lipinski definition) is 1. The average Bonchev–Trinajstić information content (AvgIpc) is 2.62. The van der Waals surface area contributed by atoms with Gasteiger partial charge in [-0.25, -0.2) is 4.79 Å². The van der Waals surface area contributed by atoms with Gasteiger partial charge in [0.1, 0.15) is 11.1 Å². The first kappa shape index (κ1) is 11.3. The van der Waals surface area contributed by atoms with E-state index in [1.54, 1.807) is 0 Å². The van der Waals surface area contributed by atoms with Crippen LogP contribution < -0.4 is 5.32 Å². The largest absolute Gasteiger partial charge is 0.433 e. The van der Waals surface area contributed by atoms with Gasteiger partial charge in [-0.15, -0.1) is 0 Å². The first-order chi connectivity index (χ1) is 6.65. The number of nitrogens with one attached hydrogen (secondary N) is 1. The van der Waals surface area contributed by atoms with Crippen LogP contribution in [0.1, 0.15) is 13.8 Å². The highest BCUT2D eigenvalue weighted by Crippen LogP contribution is 2.25. The molecule has 1 saturated heterocycles. The smallest absolute Gasteiger partial charge is 0.360 e. The third-order valence-corrected chi connectivity index (χ3v) is 2.58. The number of oxime groups is 1. The summed E-state index contributed by atoms with van der Waals surface area (Å²) in [7, 11) is 1.49. The molecule has 80 valence electrons. The molecule has 0 radical (unpaired) electrons. The Morgan fingerprint density at radius 3 is 3.07 bits per heavy atom. The third-order valence-electron chi connectivity index (χ3n) is 1.73. The molecule has 1 N–H and O–H groups in total. The molecule has 1 aliphatic heterocycles. The lowest BCUT2D eigenvalue weighted by atomic mass is 10.1. The van der Waals surface area contributed by atoms with Gasteiger partial charge in [0.2, 0.25) is 0 Å². The van der Waals surface area contributed by atoms with Gasteiger partial charge in [-0.05, 0) is 5.92 Å². The molecule has 14 heavy (non-hydrogen) atoms. The zero-order valence-corrected chi connectivity index (χ0v) is 9.26. The molecule has 1 heterocycles. The first-order valence-corrected chi connectivity index (χ1v) is 5.34. The summed E-state index contributed by atoms with van der Waals surface area (Å²) in [5.74, 6) is 0.899. The molecular formula is C8H14N2O3S. The molecule has 0 saturated carbocycles. The number of carbonyl (C=O) groups is 1. The van der Waals surface area contributed by atoms with E-state index < -0.39 is 6.09 Å². The lowest BCUT2D eigenvalue weighted by molar-refractivity contribution is 0.111. The van der Waals surface area contributed by atoms with Crippen LogP contribution in [0, 0.1) is 5.92 Å². The van der Waals surface area contributed by atoms with Crippen molar-refractivity contribution in [2.45, 2.75) is 20.0 Å². The molecule has 0 bridgehead atoms. The molecule has 0 aromatic rings.